The molecular weight excluding hydrogens is 156 g/mol. The zero-order valence-electron chi connectivity index (χ0n) is 7.38. The molecule has 12 heavy (non-hydrogen) atoms. The van der Waals surface area contributed by atoms with Crippen LogP contribution in [0.2, 0.25) is 0 Å². The van der Waals surface area contributed by atoms with E-state index >= 15 is 0 Å². The zero-order valence-corrected chi connectivity index (χ0v) is 7.38. The van der Waals surface area contributed by atoms with Crippen LogP contribution in [0.3, 0.4) is 0 Å². The van der Waals surface area contributed by atoms with E-state index in [0.29, 0.717) is 6.61 Å². The SMILES string of the molecule is C=CCCCOC(C)C(=O)NN. The summed E-state index contributed by atoms with van der Waals surface area (Å²) in [5.41, 5.74) is 2.02. The molecule has 1 atom stereocenters. The Morgan fingerprint density at radius 3 is 3.00 bits per heavy atom. The second-order valence-electron chi connectivity index (χ2n) is 2.45. The lowest BCUT2D eigenvalue weighted by Crippen LogP contribution is -2.39. The molecule has 70 valence electrons. The molecule has 0 bridgehead atoms. The van der Waals surface area contributed by atoms with Crippen molar-refractivity contribution < 1.29 is 9.53 Å². The Morgan fingerprint density at radius 2 is 2.50 bits per heavy atom. The molecule has 0 saturated heterocycles. The third-order valence-corrected chi connectivity index (χ3v) is 1.43. The highest BCUT2D eigenvalue weighted by atomic mass is 16.5. The van der Waals surface area contributed by atoms with Crippen molar-refractivity contribution in [1.29, 1.82) is 0 Å². The molecule has 4 heteroatoms. The number of nitrogens with one attached hydrogen (secondary N) is 1. The van der Waals surface area contributed by atoms with Crippen LogP contribution in [0.15, 0.2) is 12.7 Å². The number of hydrogen-bond acceptors (Lipinski definition) is 3. The number of amides is 1. The van der Waals surface area contributed by atoms with Crippen LogP contribution in [0.1, 0.15) is 19.8 Å². The number of carbonyl (C=O) groups excluding carboxylic acids is 1. The van der Waals surface area contributed by atoms with Crippen molar-refractivity contribution in [1.82, 2.24) is 5.43 Å². The van der Waals surface area contributed by atoms with Gasteiger partial charge in [-0.3, -0.25) is 10.2 Å². The normalized spacial score (nSPS) is 12.2. The first-order chi connectivity index (χ1) is 5.72. The lowest BCUT2D eigenvalue weighted by atomic mass is 10.3. The third kappa shape index (κ3) is 4.87. The lowest BCUT2D eigenvalue weighted by Gasteiger charge is -2.09. The van der Waals surface area contributed by atoms with E-state index in [1.807, 2.05) is 11.5 Å². The summed E-state index contributed by atoms with van der Waals surface area (Å²) >= 11 is 0. The molecule has 0 aliphatic rings. The summed E-state index contributed by atoms with van der Waals surface area (Å²) < 4.78 is 5.16. The minimum absolute atomic E-state index is 0.298. The number of carbonyl (C=O) groups is 1. The van der Waals surface area contributed by atoms with Gasteiger partial charge in [0.1, 0.15) is 6.10 Å². The Balaban J connectivity index is 3.36. The fourth-order valence-electron chi connectivity index (χ4n) is 0.681. The van der Waals surface area contributed by atoms with Crippen LogP contribution in [0, 0.1) is 0 Å². The van der Waals surface area contributed by atoms with E-state index in [1.54, 1.807) is 6.92 Å². The van der Waals surface area contributed by atoms with Gasteiger partial charge in [-0.25, -0.2) is 5.84 Å². The molecule has 0 aliphatic carbocycles. The van der Waals surface area contributed by atoms with E-state index in [-0.39, 0.29) is 5.91 Å². The molecule has 0 aromatic heterocycles. The van der Waals surface area contributed by atoms with Crippen LogP contribution in [0.25, 0.3) is 0 Å². The number of hydrogen-bond donors (Lipinski definition) is 2. The average Bonchev–Trinajstić information content (AvgIpc) is 2.10. The Labute approximate surface area is 72.7 Å². The molecule has 0 aliphatic heterocycles. The molecule has 0 fully saturated rings. The topological polar surface area (TPSA) is 64.3 Å². The smallest absolute Gasteiger partial charge is 0.262 e. The van der Waals surface area contributed by atoms with E-state index in [9.17, 15) is 4.79 Å². The highest BCUT2D eigenvalue weighted by molar-refractivity contribution is 5.79. The monoisotopic (exact) mass is 172 g/mol. The molecule has 0 spiro atoms. The summed E-state index contributed by atoms with van der Waals surface area (Å²) in [6, 6.07) is 0. The van der Waals surface area contributed by atoms with Gasteiger partial charge >= 0.3 is 0 Å². The molecule has 0 rings (SSSR count). The van der Waals surface area contributed by atoms with Gasteiger partial charge in [0.25, 0.3) is 5.91 Å². The predicted octanol–water partition coefficient (Wildman–Crippen LogP) is 0.348. The molecule has 4 nitrogen and oxygen atoms in total. The van der Waals surface area contributed by atoms with Gasteiger partial charge in [0.15, 0.2) is 0 Å². The fourth-order valence-corrected chi connectivity index (χ4v) is 0.681. The standard InChI is InChI=1S/C8H16N2O2/c1-3-4-5-6-12-7(2)8(11)10-9/h3,7H,1,4-6,9H2,2H3,(H,10,11). The van der Waals surface area contributed by atoms with E-state index in [1.165, 1.54) is 0 Å². The van der Waals surface area contributed by atoms with Crippen molar-refractivity contribution in [3.63, 3.8) is 0 Å². The van der Waals surface area contributed by atoms with Gasteiger partial charge in [0, 0.05) is 6.61 Å². The van der Waals surface area contributed by atoms with Crippen LogP contribution >= 0.6 is 0 Å². The van der Waals surface area contributed by atoms with Gasteiger partial charge in [0.05, 0.1) is 0 Å². The lowest BCUT2D eigenvalue weighted by molar-refractivity contribution is -0.131. The van der Waals surface area contributed by atoms with Crippen molar-refractivity contribution in [2.75, 3.05) is 6.61 Å². The Morgan fingerprint density at radius 1 is 1.83 bits per heavy atom. The summed E-state index contributed by atoms with van der Waals surface area (Å²) in [4.78, 5) is 10.8. The van der Waals surface area contributed by atoms with Crippen molar-refractivity contribution in [3.8, 4) is 0 Å². The minimum Gasteiger partial charge on any atom is -0.369 e. The highest BCUT2D eigenvalue weighted by Gasteiger charge is 2.09. The molecule has 0 radical (unpaired) electrons. The number of unbranched alkanes of at least 4 members (excludes halogenated alkanes) is 1. The van der Waals surface area contributed by atoms with Crippen LogP contribution in [0.4, 0.5) is 0 Å². The molecule has 3 N–H and O–H groups in total. The van der Waals surface area contributed by atoms with E-state index < -0.39 is 6.10 Å². The summed E-state index contributed by atoms with van der Waals surface area (Å²) in [6.07, 6.45) is 3.12. The third-order valence-electron chi connectivity index (χ3n) is 1.43. The first-order valence-electron chi connectivity index (χ1n) is 3.95. The number of ether oxygens (including phenoxy) is 1. The maximum atomic E-state index is 10.8. The summed E-state index contributed by atoms with van der Waals surface area (Å²) in [5, 5.41) is 0. The largest absolute Gasteiger partial charge is 0.369 e. The molecule has 1 unspecified atom stereocenters. The molecule has 0 aromatic carbocycles. The van der Waals surface area contributed by atoms with Gasteiger partial charge in [-0.05, 0) is 19.8 Å². The number of hydrazine groups is 1. The van der Waals surface area contributed by atoms with Crippen LogP contribution < -0.4 is 11.3 Å². The van der Waals surface area contributed by atoms with Crippen molar-refractivity contribution >= 4 is 5.91 Å². The number of rotatable bonds is 6. The quantitative estimate of drug-likeness (QED) is 0.200. The number of nitrogens with two attached hydrogens (primary N) is 1. The summed E-state index contributed by atoms with van der Waals surface area (Å²) in [7, 11) is 0. The Kier molecular flexibility index (Phi) is 6.32. The molecule has 0 saturated carbocycles. The second kappa shape index (κ2) is 6.82. The van der Waals surface area contributed by atoms with Crippen LogP contribution in [-0.4, -0.2) is 18.6 Å². The Bertz CT molecular complexity index is 148. The van der Waals surface area contributed by atoms with Gasteiger partial charge in [0.2, 0.25) is 0 Å². The van der Waals surface area contributed by atoms with Crippen LogP contribution in [0.5, 0.6) is 0 Å². The second-order valence-corrected chi connectivity index (χ2v) is 2.45. The maximum absolute atomic E-state index is 10.8. The van der Waals surface area contributed by atoms with Crippen molar-refractivity contribution in [2.24, 2.45) is 5.84 Å². The highest BCUT2D eigenvalue weighted by Crippen LogP contribution is 1.95. The first-order valence-corrected chi connectivity index (χ1v) is 3.95. The molecule has 0 heterocycles. The van der Waals surface area contributed by atoms with Gasteiger partial charge in [-0.2, -0.15) is 0 Å². The van der Waals surface area contributed by atoms with E-state index in [0.717, 1.165) is 12.8 Å². The van der Waals surface area contributed by atoms with Gasteiger partial charge in [-0.1, -0.05) is 6.08 Å². The fraction of sp³-hybridized carbons (Fsp3) is 0.625. The van der Waals surface area contributed by atoms with Crippen LogP contribution in [-0.2, 0) is 9.53 Å². The van der Waals surface area contributed by atoms with Gasteiger partial charge in [-0.15, -0.1) is 6.58 Å². The Hall–Kier alpha value is -0.870. The molecule has 1 amide bonds. The van der Waals surface area contributed by atoms with E-state index in [2.05, 4.69) is 6.58 Å². The molecular formula is C8H16N2O2. The minimum atomic E-state index is -0.472. The van der Waals surface area contributed by atoms with Crippen molar-refractivity contribution in [3.05, 3.63) is 12.7 Å². The summed E-state index contributed by atoms with van der Waals surface area (Å²) in [6.45, 7) is 5.79. The molecule has 0 aromatic rings. The van der Waals surface area contributed by atoms with Gasteiger partial charge < -0.3 is 4.74 Å². The summed E-state index contributed by atoms with van der Waals surface area (Å²) in [5.74, 6) is 4.61. The maximum Gasteiger partial charge on any atom is 0.262 e. The average molecular weight is 172 g/mol. The first kappa shape index (κ1) is 11.1. The number of allylic oxidation sites excluding steroid dienone is 1. The van der Waals surface area contributed by atoms with E-state index in [4.69, 9.17) is 10.6 Å². The van der Waals surface area contributed by atoms with Crippen molar-refractivity contribution in [2.45, 2.75) is 25.9 Å². The zero-order chi connectivity index (χ0) is 9.40. The predicted molar refractivity (Wildman–Crippen MR) is 47.2 cm³/mol.